The highest BCUT2D eigenvalue weighted by Crippen LogP contribution is 2.24. The smallest absolute Gasteiger partial charge is 0.220 e. The molecule has 4 nitrogen and oxygen atoms in total. The van der Waals surface area contributed by atoms with Gasteiger partial charge in [0.2, 0.25) is 5.91 Å². The minimum absolute atomic E-state index is 0.147. The highest BCUT2D eigenvalue weighted by molar-refractivity contribution is 6.35. The average Bonchev–Trinajstić information content (AvgIpc) is 2.57. The lowest BCUT2D eigenvalue weighted by atomic mass is 9.93. The van der Waals surface area contributed by atoms with Crippen molar-refractivity contribution in [3.63, 3.8) is 0 Å². The third-order valence-electron chi connectivity index (χ3n) is 4.57. The van der Waals surface area contributed by atoms with Crippen LogP contribution in [0.25, 0.3) is 10.9 Å². The van der Waals surface area contributed by atoms with E-state index in [1.165, 1.54) is 0 Å². The zero-order valence-corrected chi connectivity index (χ0v) is 14.1. The Morgan fingerprint density at radius 1 is 1.30 bits per heavy atom. The number of pyridine rings is 1. The Kier molecular flexibility index (Phi) is 5.13. The van der Waals surface area contributed by atoms with Gasteiger partial charge < -0.3 is 5.32 Å². The summed E-state index contributed by atoms with van der Waals surface area (Å²) >= 11 is 6.24. The van der Waals surface area contributed by atoms with Crippen LogP contribution in [0.2, 0.25) is 5.02 Å². The Bertz CT molecular complexity index is 696. The standard InChI is InChI=1S/C18H22ClN3O/c1-20-17(23)11-13-7-9-22(10-8-13)12-15-6-5-14-3-2-4-16(19)18(14)21-15/h2-6,13H,7-12H2,1H3,(H,20,23). The quantitative estimate of drug-likeness (QED) is 0.935. The summed E-state index contributed by atoms with van der Waals surface area (Å²) in [4.78, 5) is 18.6. The summed E-state index contributed by atoms with van der Waals surface area (Å²) in [6.45, 7) is 2.88. The van der Waals surface area contributed by atoms with Crippen LogP contribution in [0, 0.1) is 5.92 Å². The van der Waals surface area contributed by atoms with Crippen molar-refractivity contribution in [2.45, 2.75) is 25.8 Å². The molecule has 1 saturated heterocycles. The Balaban J connectivity index is 1.60. The molecule has 1 N–H and O–H groups in total. The van der Waals surface area contributed by atoms with Crippen LogP contribution >= 0.6 is 11.6 Å². The number of fused-ring (bicyclic) bond motifs is 1. The molecule has 122 valence electrons. The topological polar surface area (TPSA) is 45.2 Å². The van der Waals surface area contributed by atoms with Crippen molar-refractivity contribution in [3.8, 4) is 0 Å². The van der Waals surface area contributed by atoms with Crippen molar-refractivity contribution in [2.24, 2.45) is 5.92 Å². The predicted molar refractivity (Wildman–Crippen MR) is 93.4 cm³/mol. The first-order valence-corrected chi connectivity index (χ1v) is 8.50. The van der Waals surface area contributed by atoms with E-state index < -0.39 is 0 Å². The molecule has 1 fully saturated rings. The van der Waals surface area contributed by atoms with Gasteiger partial charge in [0.1, 0.15) is 0 Å². The SMILES string of the molecule is CNC(=O)CC1CCN(Cc2ccc3cccc(Cl)c3n2)CC1. The van der Waals surface area contributed by atoms with Crippen LogP contribution in [-0.2, 0) is 11.3 Å². The van der Waals surface area contributed by atoms with Gasteiger partial charge in [-0.15, -0.1) is 0 Å². The van der Waals surface area contributed by atoms with Gasteiger partial charge >= 0.3 is 0 Å². The molecular weight excluding hydrogens is 310 g/mol. The van der Waals surface area contributed by atoms with Crippen LogP contribution in [0.5, 0.6) is 0 Å². The molecule has 0 aliphatic carbocycles. The number of para-hydroxylation sites is 1. The maximum atomic E-state index is 11.5. The van der Waals surface area contributed by atoms with E-state index in [4.69, 9.17) is 16.6 Å². The molecule has 2 heterocycles. The lowest BCUT2D eigenvalue weighted by Crippen LogP contribution is -2.35. The van der Waals surface area contributed by atoms with Crippen molar-refractivity contribution < 1.29 is 4.79 Å². The van der Waals surface area contributed by atoms with Crippen molar-refractivity contribution >= 4 is 28.4 Å². The number of nitrogens with one attached hydrogen (secondary N) is 1. The number of carbonyl (C=O) groups is 1. The average molecular weight is 332 g/mol. The fourth-order valence-corrected chi connectivity index (χ4v) is 3.41. The third-order valence-corrected chi connectivity index (χ3v) is 4.88. The Morgan fingerprint density at radius 2 is 2.09 bits per heavy atom. The first-order chi connectivity index (χ1) is 11.2. The fraction of sp³-hybridized carbons (Fsp3) is 0.444. The molecule has 2 aromatic rings. The van der Waals surface area contributed by atoms with Crippen molar-refractivity contribution in [2.75, 3.05) is 20.1 Å². The van der Waals surface area contributed by atoms with Crippen molar-refractivity contribution in [1.82, 2.24) is 15.2 Å². The minimum Gasteiger partial charge on any atom is -0.359 e. The molecule has 0 saturated carbocycles. The molecular formula is C18H22ClN3O. The van der Waals surface area contributed by atoms with Crippen LogP contribution in [0.15, 0.2) is 30.3 Å². The van der Waals surface area contributed by atoms with E-state index in [9.17, 15) is 4.79 Å². The van der Waals surface area contributed by atoms with E-state index >= 15 is 0 Å². The number of piperidine rings is 1. The number of nitrogens with zero attached hydrogens (tertiary/aromatic N) is 2. The molecule has 0 bridgehead atoms. The molecule has 0 radical (unpaired) electrons. The molecule has 3 rings (SSSR count). The number of halogens is 1. The summed E-state index contributed by atoms with van der Waals surface area (Å²) in [6, 6.07) is 10.0. The molecule has 0 atom stereocenters. The Morgan fingerprint density at radius 3 is 2.83 bits per heavy atom. The van der Waals surface area contributed by atoms with Gasteiger partial charge in [-0.3, -0.25) is 9.69 Å². The Labute approximate surface area is 141 Å². The van der Waals surface area contributed by atoms with E-state index in [1.807, 2.05) is 18.2 Å². The van der Waals surface area contributed by atoms with E-state index in [0.29, 0.717) is 17.4 Å². The molecule has 0 unspecified atom stereocenters. The van der Waals surface area contributed by atoms with Gasteiger partial charge in [-0.1, -0.05) is 29.8 Å². The summed E-state index contributed by atoms with van der Waals surface area (Å²) < 4.78 is 0. The zero-order valence-electron chi connectivity index (χ0n) is 13.4. The molecule has 5 heteroatoms. The van der Waals surface area contributed by atoms with Gasteiger partial charge in [0.25, 0.3) is 0 Å². The van der Waals surface area contributed by atoms with Gasteiger partial charge in [0.05, 0.1) is 16.2 Å². The minimum atomic E-state index is 0.147. The summed E-state index contributed by atoms with van der Waals surface area (Å²) in [5.41, 5.74) is 1.93. The van der Waals surface area contributed by atoms with E-state index in [0.717, 1.165) is 49.1 Å². The lowest BCUT2D eigenvalue weighted by molar-refractivity contribution is -0.121. The maximum absolute atomic E-state index is 11.5. The molecule has 1 aromatic heterocycles. The second-order valence-corrected chi connectivity index (χ2v) is 6.62. The normalized spacial score (nSPS) is 16.6. The number of amides is 1. The second kappa shape index (κ2) is 7.28. The molecule has 1 aliphatic rings. The van der Waals surface area contributed by atoms with Gasteiger partial charge in [-0.2, -0.15) is 0 Å². The van der Waals surface area contributed by atoms with E-state index in [2.05, 4.69) is 22.3 Å². The van der Waals surface area contributed by atoms with Crippen LogP contribution in [0.1, 0.15) is 25.0 Å². The van der Waals surface area contributed by atoms with E-state index in [1.54, 1.807) is 7.05 Å². The first kappa shape index (κ1) is 16.2. The Hall–Kier alpha value is -1.65. The molecule has 0 spiro atoms. The van der Waals surface area contributed by atoms with Gasteiger partial charge in [0, 0.05) is 25.4 Å². The van der Waals surface area contributed by atoms with Gasteiger partial charge in [-0.05, 0) is 44.0 Å². The summed E-state index contributed by atoms with van der Waals surface area (Å²) in [6.07, 6.45) is 2.79. The van der Waals surface area contributed by atoms with Crippen molar-refractivity contribution in [1.29, 1.82) is 0 Å². The number of aromatic nitrogens is 1. The number of carbonyl (C=O) groups excluding carboxylic acids is 1. The van der Waals surface area contributed by atoms with Gasteiger partial charge in [0.15, 0.2) is 0 Å². The highest BCUT2D eigenvalue weighted by atomic mass is 35.5. The number of rotatable bonds is 4. The number of hydrogen-bond donors (Lipinski definition) is 1. The van der Waals surface area contributed by atoms with E-state index in [-0.39, 0.29) is 5.91 Å². The summed E-state index contributed by atoms with van der Waals surface area (Å²) in [5.74, 6) is 0.652. The summed E-state index contributed by atoms with van der Waals surface area (Å²) in [5, 5.41) is 4.49. The number of benzene rings is 1. The predicted octanol–water partition coefficient (Wildman–Crippen LogP) is 3.24. The molecule has 1 amide bonds. The van der Waals surface area contributed by atoms with Crippen LogP contribution < -0.4 is 5.32 Å². The fourth-order valence-electron chi connectivity index (χ4n) is 3.18. The van der Waals surface area contributed by atoms with Crippen LogP contribution in [0.4, 0.5) is 0 Å². The molecule has 1 aliphatic heterocycles. The van der Waals surface area contributed by atoms with Crippen LogP contribution in [0.3, 0.4) is 0 Å². The monoisotopic (exact) mass is 331 g/mol. The second-order valence-electron chi connectivity index (χ2n) is 6.21. The van der Waals surface area contributed by atoms with Crippen molar-refractivity contribution in [3.05, 3.63) is 41.0 Å². The lowest BCUT2D eigenvalue weighted by Gasteiger charge is -2.31. The summed E-state index contributed by atoms with van der Waals surface area (Å²) in [7, 11) is 1.70. The first-order valence-electron chi connectivity index (χ1n) is 8.13. The highest BCUT2D eigenvalue weighted by Gasteiger charge is 2.21. The largest absolute Gasteiger partial charge is 0.359 e. The molecule has 1 aromatic carbocycles. The third kappa shape index (κ3) is 4.01. The van der Waals surface area contributed by atoms with Crippen LogP contribution in [-0.4, -0.2) is 35.9 Å². The number of hydrogen-bond acceptors (Lipinski definition) is 3. The zero-order chi connectivity index (χ0) is 16.2. The number of likely N-dealkylation sites (tertiary alicyclic amines) is 1. The van der Waals surface area contributed by atoms with Gasteiger partial charge in [-0.25, -0.2) is 4.98 Å². The molecule has 23 heavy (non-hydrogen) atoms. The maximum Gasteiger partial charge on any atom is 0.220 e.